The van der Waals surface area contributed by atoms with Crippen molar-refractivity contribution in [3.05, 3.63) is 260 Å². The number of hydrogen-bond acceptors (Lipinski definition) is 24. The molecule has 11 aromatic rings. The van der Waals surface area contributed by atoms with Crippen LogP contribution in [0.2, 0.25) is 0 Å². The summed E-state index contributed by atoms with van der Waals surface area (Å²) in [6.45, 7) is 16.2. The molecule has 7 heterocycles. The lowest BCUT2D eigenvalue weighted by Gasteiger charge is -2.33. The van der Waals surface area contributed by atoms with Crippen LogP contribution in [0.15, 0.2) is 231 Å². The van der Waals surface area contributed by atoms with E-state index in [-0.39, 0.29) is 99.7 Å². The standard InChI is InChI=1S/C28H24F3N3O4S2.C26H21BrF3N3O4S2.C21H19F3N2O5S2.C8H15BO2/c1-3-20-16-21(28(29,30)31)6-10-24(20)33-13-14-38-26-17-23(9-11-25(26)33)40(35,36)34(27-32-12-15-39-27)18-19-4-7-22(37-2)8-5-19;1-36-19-5-2-17(3-6-19)16-33(25-31-10-13-38-25)39(34,35)20-7-9-23-24(15-20)37-12-11-32(23)22-8-4-18(14-21(22)27)26(28,29)30;22-21(23,24)13-1-3-16(15(9-13)18(28)11-27)26-6-7-31-19-10-14(2-4-17(19)26)33(29,30)12-20-25-5-8-32-20;1-6-9-10-7(2,3)8(4,5)11-9/h3-12,15-17H,1,13-14,18H2,2H3;2-10,13-15H,11-12,16H2,1H3;1-5,8-10,18,27-28H,6-7,11-12H2;6H,1H2,2-5H3. The second-order valence-electron chi connectivity index (χ2n) is 28.4. The summed E-state index contributed by atoms with van der Waals surface area (Å²) in [7, 11) is -8.99. The fourth-order valence-electron chi connectivity index (χ4n) is 13.0. The first-order chi connectivity index (χ1) is 58.2. The van der Waals surface area contributed by atoms with Crippen LogP contribution in [0.25, 0.3) is 6.08 Å². The summed E-state index contributed by atoms with van der Waals surface area (Å²) in [6, 6.07) is 37.2. The fourth-order valence-corrected chi connectivity index (χ4v) is 20.5. The van der Waals surface area contributed by atoms with Gasteiger partial charge in [0.25, 0.3) is 20.0 Å². The molecular weight excluding hydrogens is 1800 g/mol. The molecule has 8 aromatic carbocycles. The van der Waals surface area contributed by atoms with Crippen molar-refractivity contribution in [3.8, 4) is 28.7 Å². The van der Waals surface area contributed by atoms with Gasteiger partial charge in [-0.15, -0.1) is 40.6 Å². The maximum atomic E-state index is 13.9. The maximum Gasteiger partial charge on any atom is 0.486 e. The Bertz CT molecular complexity index is 5910. The van der Waals surface area contributed by atoms with Crippen LogP contribution >= 0.6 is 49.9 Å². The first-order valence-electron chi connectivity index (χ1n) is 37.2. The minimum Gasteiger partial charge on any atom is -0.497 e. The van der Waals surface area contributed by atoms with Gasteiger partial charge in [-0.05, 0) is 176 Å². The van der Waals surface area contributed by atoms with E-state index >= 15 is 0 Å². The zero-order valence-corrected chi connectivity index (χ0v) is 72.8. The molecule has 650 valence electrons. The molecule has 1 unspecified atom stereocenters. The molecule has 4 aliphatic rings. The van der Waals surface area contributed by atoms with Gasteiger partial charge in [-0.3, -0.25) is 0 Å². The SMILES string of the molecule is C=CB1OC(C)(C)C(C)(C)O1.C=Cc1cc(C(F)(F)F)ccc1N1CCOc2cc(S(=O)(=O)N(Cc3ccc(OC)cc3)c3nccs3)ccc21.COc1ccc(CN(c2nccs2)S(=O)(=O)c2ccc3c(c2)OCCN3c2ccc(C(F)(F)F)cc2Br)cc1.O=S(=O)(Cc1nccs1)c1ccc2c(c1)OCCN2c1ccc(C(F)(F)F)cc1C(O)CO. The molecule has 1 atom stereocenters. The van der Waals surface area contributed by atoms with E-state index in [1.165, 1.54) is 128 Å². The number of alkyl halides is 9. The number of anilines is 8. The van der Waals surface area contributed by atoms with Gasteiger partial charge in [0, 0.05) is 74.3 Å². The zero-order valence-electron chi connectivity index (χ0n) is 66.3. The molecule has 0 bridgehead atoms. The number of hydrogen-bond donors (Lipinski definition) is 2. The van der Waals surface area contributed by atoms with Crippen molar-refractivity contribution < 1.29 is 108 Å². The number of thiazole rings is 3. The summed E-state index contributed by atoms with van der Waals surface area (Å²) in [5.74, 6) is 3.55. The maximum absolute atomic E-state index is 13.9. The van der Waals surface area contributed by atoms with Crippen molar-refractivity contribution in [1.29, 1.82) is 0 Å². The van der Waals surface area contributed by atoms with E-state index in [0.717, 1.165) is 47.5 Å². The van der Waals surface area contributed by atoms with Gasteiger partial charge in [0.1, 0.15) is 65.4 Å². The number of aromatic nitrogens is 3. The molecule has 123 heavy (non-hydrogen) atoms. The lowest BCUT2D eigenvalue weighted by atomic mass is 9.90. The quantitative estimate of drug-likeness (QED) is 0.0472. The number of fused-ring (bicyclic) bond motifs is 3. The summed E-state index contributed by atoms with van der Waals surface area (Å²) in [5.41, 5.74) is 1.49. The number of benzene rings is 8. The predicted molar refractivity (Wildman–Crippen MR) is 457 cm³/mol. The number of rotatable bonds is 22. The highest BCUT2D eigenvalue weighted by atomic mass is 79.9. The number of halogens is 10. The number of aliphatic hydroxyl groups is 2. The summed E-state index contributed by atoms with van der Waals surface area (Å²) in [6.07, 6.45) is -9.16. The highest BCUT2D eigenvalue weighted by Gasteiger charge is 2.50. The van der Waals surface area contributed by atoms with Crippen molar-refractivity contribution >= 4 is 137 Å². The molecule has 1 fully saturated rings. The highest BCUT2D eigenvalue weighted by Crippen LogP contribution is 2.48. The van der Waals surface area contributed by atoms with Gasteiger partial charge in [-0.25, -0.2) is 48.8 Å². The smallest absolute Gasteiger partial charge is 0.486 e. The summed E-state index contributed by atoms with van der Waals surface area (Å²) in [4.78, 5) is 17.7. The minimum absolute atomic E-state index is 0.00158. The summed E-state index contributed by atoms with van der Waals surface area (Å²) >= 11 is 6.87. The van der Waals surface area contributed by atoms with E-state index in [4.69, 9.17) is 33.0 Å². The van der Waals surface area contributed by atoms with Gasteiger partial charge < -0.3 is 57.9 Å². The van der Waals surface area contributed by atoms with E-state index in [1.807, 2.05) is 27.7 Å². The Morgan fingerprint density at radius 3 is 1.31 bits per heavy atom. The number of methoxy groups -OCH3 is 2. The fraction of sp³-hybridized carbons (Fsp3) is 0.265. The lowest BCUT2D eigenvalue weighted by Crippen LogP contribution is -2.41. The van der Waals surface area contributed by atoms with Crippen LogP contribution in [0, 0.1) is 0 Å². The second-order valence-corrected chi connectivity index (χ2v) is 37.7. The molecule has 0 saturated carbocycles. The summed E-state index contributed by atoms with van der Waals surface area (Å²) in [5, 5.41) is 25.7. The zero-order chi connectivity index (χ0) is 88.8. The van der Waals surface area contributed by atoms with E-state index in [2.05, 4.69) is 44.0 Å². The van der Waals surface area contributed by atoms with Gasteiger partial charge in [0.15, 0.2) is 20.1 Å². The molecule has 0 amide bonds. The van der Waals surface area contributed by atoms with Gasteiger partial charge >= 0.3 is 25.6 Å². The van der Waals surface area contributed by atoms with Crippen molar-refractivity contribution in [2.45, 2.75) is 97.1 Å². The third-order valence-electron chi connectivity index (χ3n) is 20.0. The van der Waals surface area contributed by atoms with Crippen LogP contribution in [0.1, 0.15) is 77.8 Å². The van der Waals surface area contributed by atoms with Gasteiger partial charge in [-0.2, -0.15) is 39.5 Å². The van der Waals surface area contributed by atoms with Gasteiger partial charge in [0.2, 0.25) is 0 Å². The van der Waals surface area contributed by atoms with Crippen LogP contribution in [0.5, 0.6) is 28.7 Å². The number of aliphatic hydroxyl groups excluding tert-OH is 2. The molecule has 40 heteroatoms. The molecular formula is C83H79BBrF9N8O15S6. The molecule has 2 N–H and O–H groups in total. The minimum atomic E-state index is -4.62. The Morgan fingerprint density at radius 1 is 0.528 bits per heavy atom. The lowest BCUT2D eigenvalue weighted by molar-refractivity contribution is -0.138. The second kappa shape index (κ2) is 37.7. The number of ether oxygens (including phenoxy) is 5. The molecule has 23 nitrogen and oxygen atoms in total. The summed E-state index contributed by atoms with van der Waals surface area (Å²) < 4.78 is 241. The number of sulfonamides is 2. The number of sulfone groups is 1. The molecule has 15 rings (SSSR count). The van der Waals surface area contributed by atoms with Crippen LogP contribution < -0.4 is 47.0 Å². The monoisotopic (exact) mass is 1880 g/mol. The first-order valence-corrected chi connectivity index (χ1v) is 45.2. The van der Waals surface area contributed by atoms with Crippen molar-refractivity contribution in [2.24, 2.45) is 0 Å². The van der Waals surface area contributed by atoms with Crippen molar-refractivity contribution in [2.75, 3.05) is 83.6 Å². The third-order valence-corrected chi connectivity index (χ3v) is 28.5. The molecule has 0 spiro atoms. The first kappa shape index (κ1) is 91.9. The highest BCUT2D eigenvalue weighted by molar-refractivity contribution is 9.10. The molecule has 3 aromatic heterocycles. The van der Waals surface area contributed by atoms with Gasteiger partial charge in [-0.1, -0.05) is 42.9 Å². The molecule has 0 aliphatic carbocycles. The van der Waals surface area contributed by atoms with Crippen molar-refractivity contribution in [1.82, 2.24) is 15.0 Å². The molecule has 1 saturated heterocycles. The third kappa shape index (κ3) is 21.1. The average molecular weight is 1880 g/mol. The molecule has 0 radical (unpaired) electrons. The topological polar surface area (TPSA) is 262 Å². The van der Waals surface area contributed by atoms with Crippen LogP contribution in [0.3, 0.4) is 0 Å². The Hall–Kier alpha value is -10.3. The average Bonchev–Trinajstić information content (AvgIpc) is 1.51. The number of nitrogens with zero attached hydrogens (tertiary/aromatic N) is 8. The van der Waals surface area contributed by atoms with Crippen LogP contribution in [0.4, 0.5) is 83.9 Å². The van der Waals surface area contributed by atoms with E-state index in [0.29, 0.717) is 85.4 Å². The van der Waals surface area contributed by atoms with Crippen LogP contribution in [-0.2, 0) is 76.6 Å². The van der Waals surface area contributed by atoms with E-state index in [9.17, 15) is 75.0 Å². The predicted octanol–water partition coefficient (Wildman–Crippen LogP) is 19.1. The van der Waals surface area contributed by atoms with Crippen molar-refractivity contribution in [3.63, 3.8) is 0 Å². The Morgan fingerprint density at radius 2 is 0.919 bits per heavy atom. The largest absolute Gasteiger partial charge is 0.497 e. The molecule has 4 aliphatic heterocycles. The van der Waals surface area contributed by atoms with Gasteiger partial charge in [0.05, 0.1) is 119 Å². The van der Waals surface area contributed by atoms with Crippen LogP contribution in [-0.4, -0.2) is 129 Å². The normalized spacial score (nSPS) is 15.1. The van der Waals surface area contributed by atoms with E-state index in [1.54, 1.807) is 112 Å². The van der Waals surface area contributed by atoms with E-state index < -0.39 is 77.8 Å². The Labute approximate surface area is 724 Å². The Kier molecular flexibility index (Phi) is 28.1. The Balaban J connectivity index is 0.000000159.